The molecule has 2 rings (SSSR count). The Kier molecular flexibility index (Phi) is 18.3. The normalized spacial score (nSPS) is 18.6. The van der Waals surface area contributed by atoms with Crippen LogP contribution in [0.4, 0.5) is 4.79 Å². The van der Waals surface area contributed by atoms with Crippen molar-refractivity contribution < 1.29 is 19.1 Å². The Morgan fingerprint density at radius 2 is 1.60 bits per heavy atom. The van der Waals surface area contributed by atoms with Gasteiger partial charge in [0.2, 0.25) is 5.91 Å². The van der Waals surface area contributed by atoms with Gasteiger partial charge in [0, 0.05) is 37.7 Å². The number of carbonyl (C=O) groups is 2. The summed E-state index contributed by atoms with van der Waals surface area (Å²) in [6.45, 7) is 7.69. The molecule has 0 spiro atoms. The van der Waals surface area contributed by atoms with Crippen LogP contribution in [0.2, 0.25) is 0 Å². The van der Waals surface area contributed by atoms with E-state index in [2.05, 4.69) is 95.0 Å². The van der Waals surface area contributed by atoms with Crippen LogP contribution in [-0.4, -0.2) is 60.1 Å². The number of unbranched alkanes of at least 4 members (excludes halogenated alkanes) is 1. The van der Waals surface area contributed by atoms with Gasteiger partial charge in [-0.05, 0) is 58.6 Å². The second-order valence-electron chi connectivity index (χ2n) is 10.6. The highest BCUT2D eigenvalue weighted by molar-refractivity contribution is 5.75. The highest BCUT2D eigenvalue weighted by Gasteiger charge is 2.37. The number of ether oxygens (including phenoxy) is 2. The molecule has 45 heavy (non-hydrogen) atoms. The van der Waals surface area contributed by atoms with Gasteiger partial charge in [0.05, 0.1) is 6.04 Å². The maximum atomic E-state index is 12.2. The average Bonchev–Trinajstić information content (AvgIpc) is 3.44. The fraction of sp³-hybridized carbons (Fsp3) is 0.500. The number of H-pyrrole nitrogens is 1. The van der Waals surface area contributed by atoms with Gasteiger partial charge in [0.15, 0.2) is 0 Å². The van der Waals surface area contributed by atoms with E-state index in [1.54, 1.807) is 6.92 Å². The molecule has 0 radical (unpaired) electrons. The topological polar surface area (TPSA) is 144 Å². The monoisotopic (exact) mass is 623 g/mol. The fourth-order valence-electron chi connectivity index (χ4n) is 4.44. The van der Waals surface area contributed by atoms with Crippen LogP contribution in [0.3, 0.4) is 0 Å². The van der Waals surface area contributed by atoms with E-state index in [0.717, 1.165) is 44.9 Å². The van der Waals surface area contributed by atoms with Crippen LogP contribution in [-0.2, 0) is 14.3 Å². The number of hydrogen-bond donors (Lipinski definition) is 3. The Labute approximate surface area is 265 Å². The van der Waals surface area contributed by atoms with Gasteiger partial charge in [-0.1, -0.05) is 67.7 Å². The number of aryl methyl sites for hydroxylation is 1. The van der Waals surface area contributed by atoms with Gasteiger partial charge >= 0.3 is 11.8 Å². The van der Waals surface area contributed by atoms with Crippen LogP contribution in [0.25, 0.3) is 0 Å². The molecule has 1 aliphatic heterocycles. The van der Waals surface area contributed by atoms with Crippen LogP contribution in [0, 0.1) is 6.92 Å². The molecule has 0 saturated carbocycles. The lowest BCUT2D eigenvalue weighted by Crippen LogP contribution is -2.36. The number of rotatable bonds is 20. The molecule has 2 heterocycles. The number of alkyl carbamates (subject to hydrolysis) is 1. The van der Waals surface area contributed by atoms with Gasteiger partial charge in [-0.2, -0.15) is 0 Å². The first-order valence-corrected chi connectivity index (χ1v) is 15.7. The second-order valence-corrected chi connectivity index (χ2v) is 10.6. The zero-order valence-corrected chi connectivity index (χ0v) is 26.6. The second kappa shape index (κ2) is 22.3. The molecule has 246 valence electrons. The minimum atomic E-state index is -0.670. The Balaban J connectivity index is 1.50. The van der Waals surface area contributed by atoms with E-state index in [1.807, 2.05) is 0 Å². The largest absolute Gasteiger partial charge is 0.447 e. The predicted octanol–water partition coefficient (Wildman–Crippen LogP) is 4.97. The zero-order chi connectivity index (χ0) is 32.7. The highest BCUT2D eigenvalue weighted by Crippen LogP contribution is 2.29. The van der Waals surface area contributed by atoms with Gasteiger partial charge < -0.3 is 20.1 Å². The molecular weight excluding hydrogens is 574 g/mol. The van der Waals surface area contributed by atoms with Crippen molar-refractivity contribution in [2.24, 2.45) is 4.99 Å². The maximum Gasteiger partial charge on any atom is 0.407 e. The van der Waals surface area contributed by atoms with E-state index in [1.165, 1.54) is 10.8 Å². The molecule has 1 aromatic heterocycles. The van der Waals surface area contributed by atoms with E-state index in [4.69, 9.17) is 9.47 Å². The van der Waals surface area contributed by atoms with E-state index < -0.39 is 35.7 Å². The lowest BCUT2D eigenvalue weighted by atomic mass is 10.1. The SMILES string of the molecule is C=N[C@H]1CC(n2cc(C)c(=O)[nH]c2=O)O[C@@H]1COC(=O)NCCNC(=O)CCC/C=C\C/C=C\C/C=C\C/C=C\C/C=C\CC. The summed E-state index contributed by atoms with van der Waals surface area (Å²) in [5.74, 6) is -0.0736. The minimum absolute atomic E-state index is 0.0736. The average molecular weight is 624 g/mol. The molecule has 1 aromatic rings. The first kappa shape index (κ1) is 36.9. The number of aliphatic imine (C=N–C) groups is 1. The molecule has 1 aliphatic rings. The number of carbonyl (C=O) groups excluding carboxylic acids is 2. The zero-order valence-electron chi connectivity index (χ0n) is 26.6. The number of aromatic nitrogens is 2. The maximum absolute atomic E-state index is 12.2. The Bertz CT molecular complexity index is 1320. The standard InChI is InChI=1S/C34H49N5O6/c1-4-5-6-7-8-9-10-11-12-13-14-15-16-17-18-19-20-21-30(40)36-22-23-37-34(43)44-26-29-28(35-3)24-31(45-29)39-25-27(2)32(41)38-33(39)42/h5-6,8-9,11-12,14-15,17-18,25,28-29,31H,3-4,7,10,13,16,19-24,26H2,1-2H3,(H,36,40)(H,37,43)(H,38,41,42)/b6-5-,9-8-,12-11-,15-14-,18-17-/t28-,29+,31?/m0/s1. The molecule has 0 aliphatic carbocycles. The number of nitrogens with zero attached hydrogens (tertiary/aromatic N) is 2. The van der Waals surface area contributed by atoms with Crippen LogP contribution in [0.1, 0.15) is 76.5 Å². The van der Waals surface area contributed by atoms with Crippen molar-refractivity contribution in [3.8, 4) is 0 Å². The van der Waals surface area contributed by atoms with E-state index in [-0.39, 0.29) is 25.6 Å². The third-order valence-electron chi connectivity index (χ3n) is 6.92. The summed E-state index contributed by atoms with van der Waals surface area (Å²) >= 11 is 0. The molecular formula is C34H49N5O6. The highest BCUT2D eigenvalue weighted by atomic mass is 16.6. The molecule has 2 amide bonds. The number of aromatic amines is 1. The van der Waals surface area contributed by atoms with E-state index >= 15 is 0 Å². The van der Waals surface area contributed by atoms with Crippen molar-refractivity contribution in [3.05, 3.63) is 93.4 Å². The molecule has 11 heteroatoms. The van der Waals surface area contributed by atoms with E-state index in [9.17, 15) is 19.2 Å². The first-order chi connectivity index (χ1) is 21.8. The number of allylic oxidation sites excluding steroid dienone is 10. The Morgan fingerprint density at radius 3 is 2.22 bits per heavy atom. The summed E-state index contributed by atoms with van der Waals surface area (Å²) in [6.07, 6.45) is 28.2. The van der Waals surface area contributed by atoms with Crippen LogP contribution >= 0.6 is 0 Å². The Morgan fingerprint density at radius 1 is 1.00 bits per heavy atom. The van der Waals surface area contributed by atoms with Crippen LogP contribution in [0.15, 0.2) is 81.5 Å². The third kappa shape index (κ3) is 15.3. The molecule has 1 unspecified atom stereocenters. The molecule has 1 saturated heterocycles. The molecule has 0 aromatic carbocycles. The summed E-state index contributed by atoms with van der Waals surface area (Å²) in [6, 6.07) is -0.393. The van der Waals surface area contributed by atoms with Gasteiger partial charge in [0.25, 0.3) is 5.56 Å². The number of nitrogens with one attached hydrogen (secondary N) is 3. The smallest absolute Gasteiger partial charge is 0.407 e. The molecule has 1 fully saturated rings. The van der Waals surface area contributed by atoms with Crippen molar-refractivity contribution in [1.29, 1.82) is 0 Å². The first-order valence-electron chi connectivity index (χ1n) is 15.7. The number of hydrogen-bond acceptors (Lipinski definition) is 7. The van der Waals surface area contributed by atoms with Gasteiger partial charge in [0.1, 0.15) is 18.9 Å². The van der Waals surface area contributed by atoms with Crippen molar-refractivity contribution >= 4 is 18.7 Å². The lowest BCUT2D eigenvalue weighted by molar-refractivity contribution is -0.121. The van der Waals surface area contributed by atoms with E-state index in [0.29, 0.717) is 18.4 Å². The third-order valence-corrected chi connectivity index (χ3v) is 6.92. The van der Waals surface area contributed by atoms with Crippen molar-refractivity contribution in [1.82, 2.24) is 20.2 Å². The Hall–Kier alpha value is -4.25. The molecule has 3 atom stereocenters. The molecule has 0 bridgehead atoms. The summed E-state index contributed by atoms with van der Waals surface area (Å²) < 4.78 is 12.4. The summed E-state index contributed by atoms with van der Waals surface area (Å²) in [5, 5.41) is 5.37. The van der Waals surface area contributed by atoms with Crippen molar-refractivity contribution in [3.63, 3.8) is 0 Å². The summed E-state index contributed by atoms with van der Waals surface area (Å²) in [4.78, 5) is 54.3. The van der Waals surface area contributed by atoms with Crippen molar-refractivity contribution in [2.45, 2.75) is 90.0 Å². The van der Waals surface area contributed by atoms with Gasteiger partial charge in [-0.25, -0.2) is 9.59 Å². The summed E-state index contributed by atoms with van der Waals surface area (Å²) in [5.41, 5.74) is -0.673. The fourth-order valence-corrected chi connectivity index (χ4v) is 4.44. The molecule has 11 nitrogen and oxygen atoms in total. The molecule has 3 N–H and O–H groups in total. The van der Waals surface area contributed by atoms with Gasteiger partial charge in [-0.3, -0.25) is 24.1 Å². The quantitative estimate of drug-likeness (QED) is 0.106. The number of amides is 2. The van der Waals surface area contributed by atoms with Gasteiger partial charge in [-0.15, -0.1) is 0 Å². The lowest BCUT2D eigenvalue weighted by Gasteiger charge is -2.17. The minimum Gasteiger partial charge on any atom is -0.447 e. The predicted molar refractivity (Wildman–Crippen MR) is 179 cm³/mol. The summed E-state index contributed by atoms with van der Waals surface area (Å²) in [7, 11) is 0. The van der Waals surface area contributed by atoms with Crippen LogP contribution < -0.4 is 21.9 Å². The van der Waals surface area contributed by atoms with Crippen molar-refractivity contribution in [2.75, 3.05) is 19.7 Å². The van der Waals surface area contributed by atoms with Crippen LogP contribution in [0.5, 0.6) is 0 Å².